The van der Waals surface area contributed by atoms with E-state index in [-0.39, 0.29) is 11.4 Å². The number of nitrogens with one attached hydrogen (secondary N) is 1. The van der Waals surface area contributed by atoms with E-state index < -0.39 is 6.09 Å². The van der Waals surface area contributed by atoms with Gasteiger partial charge in [-0.05, 0) is 19.1 Å². The molecular formula is C12H13BN2O3. The van der Waals surface area contributed by atoms with E-state index in [4.69, 9.17) is 18.5 Å². The first-order valence-electron chi connectivity index (χ1n) is 5.11. The fraction of sp³-hybridized carbons (Fsp3) is 0.0833. The molecule has 1 amide bonds. The molecule has 1 aromatic carbocycles. The van der Waals surface area contributed by atoms with E-state index in [1.165, 1.54) is 0 Å². The molecule has 0 aromatic heterocycles. The summed E-state index contributed by atoms with van der Waals surface area (Å²) in [5.74, 6) is 5.32. The van der Waals surface area contributed by atoms with Crippen LogP contribution in [0, 0.1) is 0 Å². The molecule has 0 saturated carbocycles. The highest BCUT2D eigenvalue weighted by Crippen LogP contribution is 2.11. The van der Waals surface area contributed by atoms with Gasteiger partial charge in [-0.2, -0.15) is 5.90 Å². The molecule has 0 unspecified atom stereocenters. The molecule has 5 nitrogen and oxygen atoms in total. The van der Waals surface area contributed by atoms with Gasteiger partial charge in [0.25, 0.3) is 0 Å². The number of benzene rings is 1. The van der Waals surface area contributed by atoms with E-state index in [1.807, 2.05) is 6.07 Å². The van der Waals surface area contributed by atoms with Crippen molar-refractivity contribution < 1.29 is 14.4 Å². The van der Waals surface area contributed by atoms with Gasteiger partial charge in [-0.15, -0.1) is 0 Å². The molecule has 6 heteroatoms. The van der Waals surface area contributed by atoms with Crippen LogP contribution in [0.5, 0.6) is 5.75 Å². The van der Waals surface area contributed by atoms with Gasteiger partial charge in [0.15, 0.2) is 7.85 Å². The summed E-state index contributed by atoms with van der Waals surface area (Å²) in [6.07, 6.45) is -0.671. The van der Waals surface area contributed by atoms with Crippen LogP contribution in [0.2, 0.25) is 0 Å². The second kappa shape index (κ2) is 6.51. The maximum Gasteiger partial charge on any atom is 0.417 e. The normalized spacial score (nSPS) is 11.2. The van der Waals surface area contributed by atoms with Crippen molar-refractivity contribution in [3.8, 4) is 5.75 Å². The molecule has 92 valence electrons. The van der Waals surface area contributed by atoms with Gasteiger partial charge >= 0.3 is 6.09 Å². The molecule has 0 heterocycles. The van der Waals surface area contributed by atoms with Gasteiger partial charge in [0.05, 0.1) is 5.66 Å². The quantitative estimate of drug-likeness (QED) is 0.365. The van der Waals surface area contributed by atoms with Gasteiger partial charge < -0.3 is 9.57 Å². The third-order valence-corrected chi connectivity index (χ3v) is 2.16. The molecule has 3 N–H and O–H groups in total. The van der Waals surface area contributed by atoms with Crippen LogP contribution >= 0.6 is 0 Å². The number of rotatable bonds is 4. The third kappa shape index (κ3) is 3.99. The minimum Gasteiger partial charge on any atom is -0.428 e. The zero-order valence-corrected chi connectivity index (χ0v) is 9.97. The Bertz CT molecular complexity index is 471. The van der Waals surface area contributed by atoms with Gasteiger partial charge in [-0.1, -0.05) is 24.8 Å². The number of nitrogens with two attached hydrogens (primary N) is 1. The molecule has 0 bridgehead atoms. The number of para-hydroxylation sites is 1. The molecule has 0 aliphatic rings. The van der Waals surface area contributed by atoms with E-state index in [9.17, 15) is 4.79 Å². The maximum absolute atomic E-state index is 11.5. The van der Waals surface area contributed by atoms with Crippen molar-refractivity contribution in [1.82, 2.24) is 5.32 Å². The topological polar surface area (TPSA) is 73.6 Å². The largest absolute Gasteiger partial charge is 0.428 e. The summed E-state index contributed by atoms with van der Waals surface area (Å²) in [6.45, 7) is 5.22. The highest BCUT2D eigenvalue weighted by atomic mass is 16.6. The van der Waals surface area contributed by atoms with Gasteiger partial charge in [0.1, 0.15) is 5.75 Å². The number of amides is 1. The first-order valence-corrected chi connectivity index (χ1v) is 5.11. The lowest BCUT2D eigenvalue weighted by molar-refractivity contribution is 0.203. The zero-order chi connectivity index (χ0) is 13.5. The molecule has 0 saturated heterocycles. The Balaban J connectivity index is 2.59. The van der Waals surface area contributed by atoms with Crippen LogP contribution < -0.4 is 16.0 Å². The van der Waals surface area contributed by atoms with Gasteiger partial charge in [0, 0.05) is 11.3 Å². The van der Waals surface area contributed by atoms with Crippen molar-refractivity contribution in [2.45, 2.75) is 6.92 Å². The van der Waals surface area contributed by atoms with E-state index in [0.29, 0.717) is 11.3 Å². The van der Waals surface area contributed by atoms with E-state index in [1.54, 1.807) is 31.2 Å². The highest BCUT2D eigenvalue weighted by Gasteiger charge is 2.08. The van der Waals surface area contributed by atoms with Gasteiger partial charge in [0.2, 0.25) is 0 Å². The Morgan fingerprint density at radius 3 is 2.56 bits per heavy atom. The fourth-order valence-corrected chi connectivity index (χ4v) is 1.08. The maximum atomic E-state index is 11.5. The highest BCUT2D eigenvalue weighted by molar-refractivity contribution is 6.20. The summed E-state index contributed by atoms with van der Waals surface area (Å²) in [7, 11) is 5.43. The van der Waals surface area contributed by atoms with Crippen LogP contribution in [0.25, 0.3) is 0 Å². The van der Waals surface area contributed by atoms with Crippen LogP contribution in [-0.2, 0) is 4.84 Å². The number of hydrogen-bond donors (Lipinski definition) is 2. The fourth-order valence-electron chi connectivity index (χ4n) is 1.08. The molecule has 0 aliphatic heterocycles. The monoisotopic (exact) mass is 244 g/mol. The summed E-state index contributed by atoms with van der Waals surface area (Å²) < 4.78 is 5.00. The average Bonchev–Trinajstić information content (AvgIpc) is 2.37. The van der Waals surface area contributed by atoms with Crippen molar-refractivity contribution in [3.05, 3.63) is 53.8 Å². The van der Waals surface area contributed by atoms with Crippen molar-refractivity contribution >= 4 is 13.9 Å². The molecule has 0 fully saturated rings. The molecule has 0 spiro atoms. The minimum absolute atomic E-state index is 0.0278. The first-order chi connectivity index (χ1) is 8.54. The second-order valence-electron chi connectivity index (χ2n) is 3.41. The number of carbonyl (C=O) groups is 1. The third-order valence-electron chi connectivity index (χ3n) is 2.16. The molecule has 1 aromatic rings. The Kier molecular flexibility index (Phi) is 5.01. The summed E-state index contributed by atoms with van der Waals surface area (Å²) in [6, 6.07) is 8.63. The van der Waals surface area contributed by atoms with E-state index in [0.717, 1.165) is 0 Å². The predicted molar refractivity (Wildman–Crippen MR) is 68.5 cm³/mol. The SMILES string of the molecule is [B]/C(ON)=C(\C)C(=C)NC(=O)Oc1ccccc1. The second-order valence-corrected chi connectivity index (χ2v) is 3.41. The molecule has 1 rings (SSSR count). The Morgan fingerprint density at radius 2 is 2.00 bits per heavy atom. The summed E-state index contributed by atoms with van der Waals surface area (Å²) in [5, 5.41) is 2.41. The summed E-state index contributed by atoms with van der Waals surface area (Å²) in [5.41, 5.74) is 0.640. The molecule has 18 heavy (non-hydrogen) atoms. The average molecular weight is 244 g/mol. The number of allylic oxidation sites excluding steroid dienone is 1. The molecule has 0 aliphatic carbocycles. The summed E-state index contributed by atoms with van der Waals surface area (Å²) >= 11 is 0. The van der Waals surface area contributed by atoms with E-state index >= 15 is 0 Å². The Labute approximate surface area is 107 Å². The van der Waals surface area contributed by atoms with E-state index in [2.05, 4.69) is 16.7 Å². The van der Waals surface area contributed by atoms with Gasteiger partial charge in [-0.3, -0.25) is 5.32 Å². The van der Waals surface area contributed by atoms with Crippen LogP contribution in [0.3, 0.4) is 0 Å². The Hall–Kier alpha value is -2.21. The van der Waals surface area contributed by atoms with Crippen LogP contribution in [0.1, 0.15) is 6.92 Å². The standard InChI is InChI=1S/C12H13BN2O3/c1-8(11(13)18-14)9(2)15-12(16)17-10-6-4-3-5-7-10/h3-7H,2,14H2,1H3,(H,15,16)/b11-8-. The van der Waals surface area contributed by atoms with Crippen LogP contribution in [0.15, 0.2) is 53.8 Å². The van der Waals surface area contributed by atoms with Gasteiger partial charge in [-0.25, -0.2) is 4.79 Å². The zero-order valence-electron chi connectivity index (χ0n) is 9.97. The van der Waals surface area contributed by atoms with Crippen molar-refractivity contribution in [2.24, 2.45) is 5.90 Å². The summed E-state index contributed by atoms with van der Waals surface area (Å²) in [4.78, 5) is 15.8. The lowest BCUT2D eigenvalue weighted by Gasteiger charge is -2.11. The van der Waals surface area contributed by atoms with Crippen molar-refractivity contribution in [1.29, 1.82) is 0 Å². The number of carbonyl (C=O) groups excluding carboxylic acids is 1. The number of ether oxygens (including phenoxy) is 1. The minimum atomic E-state index is -0.671. The van der Waals surface area contributed by atoms with Crippen molar-refractivity contribution in [3.63, 3.8) is 0 Å². The molecular weight excluding hydrogens is 231 g/mol. The molecule has 2 radical (unpaired) electrons. The lowest BCUT2D eigenvalue weighted by atomic mass is 10.0. The van der Waals surface area contributed by atoms with Crippen LogP contribution in [0.4, 0.5) is 4.79 Å². The smallest absolute Gasteiger partial charge is 0.417 e. The first kappa shape index (κ1) is 13.9. The van der Waals surface area contributed by atoms with Crippen molar-refractivity contribution in [2.75, 3.05) is 0 Å². The number of hydrogen-bond acceptors (Lipinski definition) is 4. The lowest BCUT2D eigenvalue weighted by Crippen LogP contribution is -2.26. The van der Waals surface area contributed by atoms with Crippen LogP contribution in [-0.4, -0.2) is 13.9 Å². The predicted octanol–water partition coefficient (Wildman–Crippen LogP) is 1.58. The molecule has 0 atom stereocenters. The Morgan fingerprint density at radius 1 is 1.39 bits per heavy atom.